The summed E-state index contributed by atoms with van der Waals surface area (Å²) >= 11 is 5.16. The standard InChI is InChI=1S/C15H18N2O4S/c1-4-21-14(19)12-8(2)16-15(22)17-13(12)10-7-9(18)5-6-11(10)20-3/h5-7,13,18H,4H2,1-3H3,(H2,16,17,22). The first-order valence-corrected chi connectivity index (χ1v) is 7.21. The number of hydrogen-bond acceptors (Lipinski definition) is 5. The normalized spacial score (nSPS) is 17.6. The van der Waals surface area contributed by atoms with Crippen molar-refractivity contribution in [2.24, 2.45) is 0 Å². The molecule has 1 heterocycles. The predicted molar refractivity (Wildman–Crippen MR) is 85.6 cm³/mol. The van der Waals surface area contributed by atoms with Crippen LogP contribution in [-0.2, 0) is 9.53 Å². The Morgan fingerprint density at radius 1 is 1.45 bits per heavy atom. The average Bonchev–Trinajstić information content (AvgIpc) is 2.46. The first kappa shape index (κ1) is 16.1. The third-order valence-corrected chi connectivity index (χ3v) is 3.51. The van der Waals surface area contributed by atoms with Crippen LogP contribution in [0.2, 0.25) is 0 Å². The molecule has 0 aromatic heterocycles. The lowest BCUT2D eigenvalue weighted by molar-refractivity contribution is -0.139. The molecule has 0 fully saturated rings. The molecule has 0 spiro atoms. The average molecular weight is 322 g/mol. The van der Waals surface area contributed by atoms with Gasteiger partial charge in [-0.25, -0.2) is 4.79 Å². The van der Waals surface area contributed by atoms with E-state index in [-0.39, 0.29) is 12.4 Å². The van der Waals surface area contributed by atoms with Gasteiger partial charge < -0.3 is 25.2 Å². The van der Waals surface area contributed by atoms with Gasteiger partial charge in [-0.05, 0) is 44.3 Å². The van der Waals surface area contributed by atoms with Crippen molar-refractivity contribution in [3.63, 3.8) is 0 Å². The minimum atomic E-state index is -0.560. The van der Waals surface area contributed by atoms with E-state index in [1.54, 1.807) is 19.9 Å². The Kier molecular flexibility index (Phi) is 4.87. The van der Waals surface area contributed by atoms with Gasteiger partial charge in [0.1, 0.15) is 11.5 Å². The number of aromatic hydroxyl groups is 1. The quantitative estimate of drug-likeness (QED) is 0.576. The molecule has 0 saturated carbocycles. The van der Waals surface area contributed by atoms with Gasteiger partial charge in [0.2, 0.25) is 0 Å². The Balaban J connectivity index is 2.55. The molecule has 118 valence electrons. The number of rotatable bonds is 4. The van der Waals surface area contributed by atoms with Crippen LogP contribution in [0.5, 0.6) is 11.5 Å². The van der Waals surface area contributed by atoms with Crippen molar-refractivity contribution in [2.75, 3.05) is 13.7 Å². The highest BCUT2D eigenvalue weighted by atomic mass is 32.1. The molecule has 0 bridgehead atoms. The smallest absolute Gasteiger partial charge is 0.338 e. The van der Waals surface area contributed by atoms with Crippen molar-refractivity contribution in [1.82, 2.24) is 10.6 Å². The largest absolute Gasteiger partial charge is 0.508 e. The molecule has 0 saturated heterocycles. The van der Waals surface area contributed by atoms with Crippen molar-refractivity contribution >= 4 is 23.3 Å². The molecule has 6 nitrogen and oxygen atoms in total. The van der Waals surface area contributed by atoms with Gasteiger partial charge >= 0.3 is 5.97 Å². The molecule has 0 amide bonds. The third-order valence-electron chi connectivity index (χ3n) is 3.29. The number of thiocarbonyl (C=S) groups is 1. The van der Waals surface area contributed by atoms with E-state index in [1.807, 2.05) is 0 Å². The van der Waals surface area contributed by atoms with E-state index in [0.29, 0.717) is 27.7 Å². The maximum atomic E-state index is 12.3. The van der Waals surface area contributed by atoms with Gasteiger partial charge in [0.15, 0.2) is 5.11 Å². The Bertz CT molecular complexity index is 642. The third kappa shape index (κ3) is 3.14. The van der Waals surface area contributed by atoms with Gasteiger partial charge in [-0.1, -0.05) is 0 Å². The monoisotopic (exact) mass is 322 g/mol. The highest BCUT2D eigenvalue weighted by Gasteiger charge is 2.32. The summed E-state index contributed by atoms with van der Waals surface area (Å²) in [6.45, 7) is 3.76. The maximum Gasteiger partial charge on any atom is 0.338 e. The Morgan fingerprint density at radius 2 is 2.18 bits per heavy atom. The van der Waals surface area contributed by atoms with E-state index < -0.39 is 12.0 Å². The zero-order valence-corrected chi connectivity index (χ0v) is 13.4. The lowest BCUT2D eigenvalue weighted by atomic mass is 9.94. The molecule has 1 aromatic carbocycles. The fourth-order valence-corrected chi connectivity index (χ4v) is 2.62. The number of benzene rings is 1. The number of hydrogen-bond donors (Lipinski definition) is 3. The van der Waals surface area contributed by atoms with Gasteiger partial charge in [-0.3, -0.25) is 0 Å². The summed E-state index contributed by atoms with van der Waals surface area (Å²) in [6, 6.07) is 4.13. The molecule has 1 unspecified atom stereocenters. The van der Waals surface area contributed by atoms with Gasteiger partial charge in [-0.15, -0.1) is 0 Å². The first-order valence-electron chi connectivity index (χ1n) is 6.80. The Hall–Kier alpha value is -2.28. The van der Waals surface area contributed by atoms with E-state index >= 15 is 0 Å². The van der Waals surface area contributed by atoms with Crippen LogP contribution in [0.25, 0.3) is 0 Å². The van der Waals surface area contributed by atoms with Gasteiger partial charge in [0, 0.05) is 11.3 Å². The molecular formula is C15H18N2O4S. The molecule has 0 radical (unpaired) electrons. The molecule has 2 rings (SSSR count). The topological polar surface area (TPSA) is 79.8 Å². The second kappa shape index (κ2) is 6.65. The van der Waals surface area contributed by atoms with Crippen LogP contribution in [0.3, 0.4) is 0 Å². The summed E-state index contributed by atoms with van der Waals surface area (Å²) in [5.41, 5.74) is 1.62. The minimum Gasteiger partial charge on any atom is -0.508 e. The van der Waals surface area contributed by atoms with Crippen molar-refractivity contribution in [3.8, 4) is 11.5 Å². The zero-order valence-electron chi connectivity index (χ0n) is 12.6. The van der Waals surface area contributed by atoms with E-state index in [9.17, 15) is 9.90 Å². The van der Waals surface area contributed by atoms with Crippen LogP contribution in [0.15, 0.2) is 29.5 Å². The lowest BCUT2D eigenvalue weighted by Gasteiger charge is -2.30. The molecule has 1 aliphatic rings. The predicted octanol–water partition coefficient (Wildman–Crippen LogP) is 1.76. The van der Waals surface area contributed by atoms with Crippen LogP contribution in [-0.4, -0.2) is 29.9 Å². The molecular weight excluding hydrogens is 304 g/mol. The van der Waals surface area contributed by atoms with E-state index in [0.717, 1.165) is 0 Å². The lowest BCUT2D eigenvalue weighted by Crippen LogP contribution is -2.45. The number of phenols is 1. The summed E-state index contributed by atoms with van der Waals surface area (Å²) in [6.07, 6.45) is 0. The first-order chi connectivity index (χ1) is 10.5. The zero-order chi connectivity index (χ0) is 16.3. The number of carbonyl (C=O) groups excluding carboxylic acids is 1. The van der Waals surface area contributed by atoms with Crippen LogP contribution < -0.4 is 15.4 Å². The SMILES string of the molecule is CCOC(=O)C1=C(C)NC(=S)NC1c1cc(O)ccc1OC. The fourth-order valence-electron chi connectivity index (χ4n) is 2.35. The number of esters is 1. The second-order valence-corrected chi connectivity index (χ2v) is 5.13. The second-order valence-electron chi connectivity index (χ2n) is 4.72. The summed E-state index contributed by atoms with van der Waals surface area (Å²) in [5, 5.41) is 16.1. The highest BCUT2D eigenvalue weighted by molar-refractivity contribution is 7.80. The van der Waals surface area contributed by atoms with Crippen molar-refractivity contribution in [3.05, 3.63) is 35.0 Å². The van der Waals surface area contributed by atoms with Crippen LogP contribution in [0.1, 0.15) is 25.5 Å². The number of ether oxygens (including phenoxy) is 2. The molecule has 1 atom stereocenters. The van der Waals surface area contributed by atoms with Gasteiger partial charge in [0.25, 0.3) is 0 Å². The maximum absolute atomic E-state index is 12.3. The number of carbonyl (C=O) groups is 1. The van der Waals surface area contributed by atoms with Gasteiger partial charge in [-0.2, -0.15) is 0 Å². The highest BCUT2D eigenvalue weighted by Crippen LogP contribution is 2.35. The van der Waals surface area contributed by atoms with E-state index in [1.165, 1.54) is 19.2 Å². The van der Waals surface area contributed by atoms with Crippen LogP contribution in [0.4, 0.5) is 0 Å². The number of nitrogens with one attached hydrogen (secondary N) is 2. The van der Waals surface area contributed by atoms with Crippen molar-refractivity contribution in [1.29, 1.82) is 0 Å². The minimum absolute atomic E-state index is 0.0721. The molecule has 1 aliphatic heterocycles. The molecule has 7 heteroatoms. The molecule has 0 aliphatic carbocycles. The van der Waals surface area contributed by atoms with Gasteiger partial charge in [0.05, 0.1) is 25.3 Å². The van der Waals surface area contributed by atoms with Crippen LogP contribution >= 0.6 is 12.2 Å². The summed E-state index contributed by atoms with van der Waals surface area (Å²) in [7, 11) is 1.52. The Morgan fingerprint density at radius 3 is 2.82 bits per heavy atom. The fraction of sp³-hybridized carbons (Fsp3) is 0.333. The molecule has 22 heavy (non-hydrogen) atoms. The molecule has 3 N–H and O–H groups in total. The van der Waals surface area contributed by atoms with Crippen molar-refractivity contribution in [2.45, 2.75) is 19.9 Å². The van der Waals surface area contributed by atoms with E-state index in [4.69, 9.17) is 21.7 Å². The summed E-state index contributed by atoms with van der Waals surface area (Å²) in [5.74, 6) is 0.162. The van der Waals surface area contributed by atoms with Crippen LogP contribution in [0, 0.1) is 0 Å². The summed E-state index contributed by atoms with van der Waals surface area (Å²) in [4.78, 5) is 12.3. The Labute approximate surface area is 134 Å². The number of phenolic OH excluding ortho intramolecular Hbond substituents is 1. The number of allylic oxidation sites excluding steroid dienone is 1. The summed E-state index contributed by atoms with van der Waals surface area (Å²) < 4.78 is 10.4. The molecule has 1 aromatic rings. The van der Waals surface area contributed by atoms with Crippen molar-refractivity contribution < 1.29 is 19.4 Å². The number of methoxy groups -OCH3 is 1. The van der Waals surface area contributed by atoms with E-state index in [2.05, 4.69) is 10.6 Å².